The van der Waals surface area contributed by atoms with E-state index in [4.69, 9.17) is 10.2 Å². The van der Waals surface area contributed by atoms with E-state index in [0.717, 1.165) is 35.8 Å². The lowest BCUT2D eigenvalue weighted by Crippen LogP contribution is -2.56. The number of hydrogen-bond acceptors (Lipinski definition) is 3. The first kappa shape index (κ1) is 15.4. The summed E-state index contributed by atoms with van der Waals surface area (Å²) in [4.78, 5) is 14.3. The molecule has 4 aliphatic rings. The van der Waals surface area contributed by atoms with Gasteiger partial charge in [-0.15, -0.1) is 0 Å². The van der Waals surface area contributed by atoms with Gasteiger partial charge in [0.15, 0.2) is 0 Å². The van der Waals surface area contributed by atoms with Crippen LogP contribution in [0.4, 0.5) is 0 Å². The second kappa shape index (κ2) is 5.60. The number of carbonyl (C=O) groups is 1. The Morgan fingerprint density at radius 3 is 3.04 bits per heavy atom. The van der Waals surface area contributed by atoms with Crippen molar-refractivity contribution in [3.05, 3.63) is 35.1 Å². The smallest absolute Gasteiger partial charge is 0.248 e. The Morgan fingerprint density at radius 1 is 1.36 bits per heavy atom. The summed E-state index contributed by atoms with van der Waals surface area (Å²) in [6, 6.07) is 6.29. The number of nitrogens with two attached hydrogens (primary N) is 1. The van der Waals surface area contributed by atoms with E-state index in [1.807, 2.05) is 12.1 Å². The van der Waals surface area contributed by atoms with Gasteiger partial charge in [0.1, 0.15) is 11.3 Å². The second-order valence-electron chi connectivity index (χ2n) is 8.25. The van der Waals surface area contributed by atoms with Crippen LogP contribution in [0.25, 0.3) is 11.0 Å². The molecule has 4 heteroatoms. The summed E-state index contributed by atoms with van der Waals surface area (Å²) in [5, 5.41) is 1.10. The summed E-state index contributed by atoms with van der Waals surface area (Å²) in [7, 11) is 0. The highest BCUT2D eigenvalue weighted by Gasteiger charge is 2.49. The van der Waals surface area contributed by atoms with Crippen molar-refractivity contribution in [2.45, 2.75) is 51.0 Å². The number of amides is 1. The molecule has 25 heavy (non-hydrogen) atoms. The van der Waals surface area contributed by atoms with Crippen LogP contribution in [0.15, 0.2) is 22.6 Å². The van der Waals surface area contributed by atoms with Gasteiger partial charge in [0.05, 0.1) is 0 Å². The molecule has 2 unspecified atom stereocenters. The van der Waals surface area contributed by atoms with Crippen LogP contribution in [0, 0.1) is 11.8 Å². The van der Waals surface area contributed by atoms with Crippen molar-refractivity contribution in [1.29, 1.82) is 0 Å². The average Bonchev–Trinajstić information content (AvgIpc) is 2.92. The van der Waals surface area contributed by atoms with Crippen LogP contribution in [-0.2, 0) is 6.42 Å². The lowest BCUT2D eigenvalue weighted by Gasteiger charge is -2.53. The molecule has 1 aliphatic carbocycles. The first-order chi connectivity index (χ1) is 12.2. The maximum Gasteiger partial charge on any atom is 0.248 e. The minimum atomic E-state index is -0.366. The van der Waals surface area contributed by atoms with Crippen LogP contribution in [0.2, 0.25) is 0 Å². The topological polar surface area (TPSA) is 59.5 Å². The molecule has 2 N–H and O–H groups in total. The van der Waals surface area contributed by atoms with Gasteiger partial charge in [-0.3, -0.25) is 9.69 Å². The van der Waals surface area contributed by atoms with Crippen LogP contribution in [0.3, 0.4) is 0 Å². The molecule has 1 aromatic heterocycles. The number of rotatable bonds is 3. The third-order valence-corrected chi connectivity index (χ3v) is 6.78. The van der Waals surface area contributed by atoms with Gasteiger partial charge in [0, 0.05) is 41.6 Å². The fourth-order valence-electron chi connectivity index (χ4n) is 5.94. The van der Waals surface area contributed by atoms with Crippen molar-refractivity contribution in [1.82, 2.24) is 4.90 Å². The predicted octanol–water partition coefficient (Wildman–Crippen LogP) is 3.68. The zero-order valence-electron chi connectivity index (χ0n) is 14.8. The fraction of sp³-hybridized carbons (Fsp3) is 0.571. The van der Waals surface area contributed by atoms with E-state index in [1.165, 1.54) is 43.6 Å². The normalized spacial score (nSPS) is 33.2. The Balaban J connectivity index is 1.63. The van der Waals surface area contributed by atoms with Gasteiger partial charge in [-0.05, 0) is 55.7 Å². The lowest BCUT2D eigenvalue weighted by atomic mass is 9.65. The Labute approximate surface area is 148 Å². The van der Waals surface area contributed by atoms with E-state index >= 15 is 0 Å². The minimum absolute atomic E-state index is 0.366. The summed E-state index contributed by atoms with van der Waals surface area (Å²) < 4.78 is 6.39. The lowest BCUT2D eigenvalue weighted by molar-refractivity contribution is -0.0188. The number of carbonyl (C=O) groups excluding carboxylic acids is 1. The zero-order chi connectivity index (χ0) is 17.1. The Hall–Kier alpha value is -1.81. The molecule has 4 heterocycles. The largest absolute Gasteiger partial charge is 0.460 e. The molecule has 2 saturated heterocycles. The number of piperidine rings is 2. The molecule has 6 rings (SSSR count). The molecule has 5 atom stereocenters. The van der Waals surface area contributed by atoms with Gasteiger partial charge < -0.3 is 10.2 Å². The molecule has 3 aliphatic heterocycles. The molecule has 1 amide bonds. The maximum atomic E-state index is 11.6. The number of furan rings is 1. The number of primary amides is 1. The summed E-state index contributed by atoms with van der Waals surface area (Å²) >= 11 is 0. The van der Waals surface area contributed by atoms with Crippen molar-refractivity contribution < 1.29 is 9.21 Å². The SMILES string of the molecule is CCC[C@@H]1C[C@H]2C[C@H]3c4oc5ccc(C(N)=O)cc5c4CCN(C2)C13. The Bertz CT molecular complexity index is 840. The highest BCUT2D eigenvalue weighted by atomic mass is 16.3. The molecule has 132 valence electrons. The van der Waals surface area contributed by atoms with Crippen molar-refractivity contribution in [3.8, 4) is 0 Å². The van der Waals surface area contributed by atoms with Crippen LogP contribution < -0.4 is 5.73 Å². The molecule has 3 fully saturated rings. The molecular weight excluding hydrogens is 312 g/mol. The number of benzene rings is 1. The van der Waals surface area contributed by atoms with E-state index in [-0.39, 0.29) is 5.91 Å². The van der Waals surface area contributed by atoms with Crippen LogP contribution in [-0.4, -0.2) is 29.9 Å². The Kier molecular flexibility index (Phi) is 3.46. The third-order valence-electron chi connectivity index (χ3n) is 6.78. The fourth-order valence-corrected chi connectivity index (χ4v) is 5.94. The van der Waals surface area contributed by atoms with Crippen molar-refractivity contribution in [2.24, 2.45) is 17.6 Å². The van der Waals surface area contributed by atoms with Gasteiger partial charge in [0.2, 0.25) is 5.91 Å². The molecule has 0 radical (unpaired) electrons. The maximum absolute atomic E-state index is 11.6. The molecule has 1 aromatic carbocycles. The molecular formula is C21H26N2O2. The van der Waals surface area contributed by atoms with E-state index in [0.29, 0.717) is 17.5 Å². The minimum Gasteiger partial charge on any atom is -0.460 e. The van der Waals surface area contributed by atoms with E-state index in [2.05, 4.69) is 11.8 Å². The standard InChI is InChI=1S/C21H26N2O2/c1-2-3-13-8-12-9-17-19(13)23(11-12)7-6-15-16-10-14(21(22)24)4-5-18(16)25-20(15)17/h4-5,10,12-13,17,19H,2-3,6-9,11H2,1H3,(H2,22,24)/t12-,13+,17+,19?/m0/s1. The predicted molar refractivity (Wildman–Crippen MR) is 97.7 cm³/mol. The van der Waals surface area contributed by atoms with E-state index in [1.54, 1.807) is 6.07 Å². The Morgan fingerprint density at radius 2 is 2.24 bits per heavy atom. The highest BCUT2D eigenvalue weighted by molar-refractivity contribution is 5.97. The van der Waals surface area contributed by atoms with Gasteiger partial charge in [-0.25, -0.2) is 0 Å². The van der Waals surface area contributed by atoms with E-state index < -0.39 is 0 Å². The number of fused-ring (bicyclic) bond motifs is 4. The summed E-state index contributed by atoms with van der Waals surface area (Å²) in [6.07, 6.45) is 6.27. The number of nitrogens with zero attached hydrogens (tertiary/aromatic N) is 1. The first-order valence-electron chi connectivity index (χ1n) is 9.75. The molecule has 4 nitrogen and oxygen atoms in total. The van der Waals surface area contributed by atoms with Crippen molar-refractivity contribution in [3.63, 3.8) is 0 Å². The molecule has 1 saturated carbocycles. The number of hydrogen-bond donors (Lipinski definition) is 1. The van der Waals surface area contributed by atoms with Gasteiger partial charge in [0.25, 0.3) is 0 Å². The second-order valence-corrected chi connectivity index (χ2v) is 8.25. The summed E-state index contributed by atoms with van der Waals surface area (Å²) in [5.41, 5.74) is 8.31. The van der Waals surface area contributed by atoms with E-state index in [9.17, 15) is 4.79 Å². The molecule has 4 bridgehead atoms. The first-order valence-corrected chi connectivity index (χ1v) is 9.75. The molecule has 0 spiro atoms. The average molecular weight is 338 g/mol. The van der Waals surface area contributed by atoms with Crippen molar-refractivity contribution in [2.75, 3.05) is 13.1 Å². The molecule has 2 aromatic rings. The van der Waals surface area contributed by atoms with Crippen LogP contribution in [0.5, 0.6) is 0 Å². The van der Waals surface area contributed by atoms with Gasteiger partial charge >= 0.3 is 0 Å². The highest BCUT2D eigenvalue weighted by Crippen LogP contribution is 2.52. The summed E-state index contributed by atoms with van der Waals surface area (Å²) in [6.45, 7) is 4.68. The van der Waals surface area contributed by atoms with Crippen molar-refractivity contribution >= 4 is 16.9 Å². The van der Waals surface area contributed by atoms with Gasteiger partial charge in [-0.1, -0.05) is 13.3 Å². The summed E-state index contributed by atoms with van der Waals surface area (Å²) in [5.74, 6) is 2.98. The quantitative estimate of drug-likeness (QED) is 0.928. The zero-order valence-corrected chi connectivity index (χ0v) is 14.8. The van der Waals surface area contributed by atoms with Crippen LogP contribution in [0.1, 0.15) is 60.2 Å². The third kappa shape index (κ3) is 2.27. The van der Waals surface area contributed by atoms with Gasteiger partial charge in [-0.2, -0.15) is 0 Å². The monoisotopic (exact) mass is 338 g/mol. The van der Waals surface area contributed by atoms with Crippen LogP contribution >= 0.6 is 0 Å².